The van der Waals surface area contributed by atoms with Gasteiger partial charge < -0.3 is 20.1 Å². The number of amides is 4. The molecule has 1 aromatic carbocycles. The normalized spacial score (nSPS) is 17.7. The van der Waals surface area contributed by atoms with Gasteiger partial charge in [0, 0.05) is 24.7 Å². The minimum atomic E-state index is -3.03. The van der Waals surface area contributed by atoms with Gasteiger partial charge in [0.15, 0.2) is 11.5 Å². The lowest BCUT2D eigenvalue weighted by molar-refractivity contribution is -0.131. The van der Waals surface area contributed by atoms with Crippen molar-refractivity contribution in [1.82, 2.24) is 10.2 Å². The van der Waals surface area contributed by atoms with Crippen LogP contribution in [0.3, 0.4) is 0 Å². The maximum atomic E-state index is 12.5. The van der Waals surface area contributed by atoms with Gasteiger partial charge in [-0.1, -0.05) is 12.8 Å². The second kappa shape index (κ2) is 8.62. The molecule has 0 unspecified atom stereocenters. The molecule has 0 aromatic heterocycles. The average Bonchev–Trinajstić information content (AvgIpc) is 3.22. The Morgan fingerprint density at radius 1 is 1.28 bits per heavy atom. The minimum absolute atomic E-state index is 0.0567. The highest BCUT2D eigenvalue weighted by atomic mass is 19.3. The lowest BCUT2D eigenvalue weighted by Crippen LogP contribution is -2.44. The van der Waals surface area contributed by atoms with Crippen molar-refractivity contribution in [1.29, 1.82) is 0 Å². The maximum Gasteiger partial charge on any atom is 0.387 e. The van der Waals surface area contributed by atoms with E-state index >= 15 is 0 Å². The molecular weight excluding hydrogens is 388 g/mol. The zero-order valence-corrected chi connectivity index (χ0v) is 16.0. The average molecular weight is 411 g/mol. The molecule has 10 heteroatoms. The van der Waals surface area contributed by atoms with E-state index in [0.29, 0.717) is 12.8 Å². The molecule has 2 aliphatic rings. The van der Waals surface area contributed by atoms with Gasteiger partial charge in [0.25, 0.3) is 5.91 Å². The van der Waals surface area contributed by atoms with E-state index in [-0.39, 0.29) is 48.4 Å². The van der Waals surface area contributed by atoms with E-state index in [1.54, 1.807) is 0 Å². The van der Waals surface area contributed by atoms with Gasteiger partial charge in [0.2, 0.25) is 5.91 Å². The van der Waals surface area contributed by atoms with Crippen LogP contribution in [0.2, 0.25) is 0 Å². The van der Waals surface area contributed by atoms with E-state index in [9.17, 15) is 23.2 Å². The fraction of sp³-hybridized carbons (Fsp3) is 0.526. The molecule has 0 radical (unpaired) electrons. The van der Waals surface area contributed by atoms with E-state index in [1.807, 2.05) is 0 Å². The molecule has 1 spiro atoms. The van der Waals surface area contributed by atoms with Gasteiger partial charge in [0.1, 0.15) is 5.54 Å². The van der Waals surface area contributed by atoms with Crippen LogP contribution in [-0.2, 0) is 9.59 Å². The van der Waals surface area contributed by atoms with Crippen LogP contribution in [0.5, 0.6) is 11.5 Å². The molecule has 1 saturated carbocycles. The summed E-state index contributed by atoms with van der Waals surface area (Å²) < 4.78 is 34.3. The number of carbonyl (C=O) groups is 3. The zero-order chi connectivity index (χ0) is 21.0. The van der Waals surface area contributed by atoms with Gasteiger partial charge >= 0.3 is 12.6 Å². The standard InChI is InChI=1S/C19H23F2N3O5/c1-28-13-7-6-12(11-14(13)29-17(20)21)22-15(25)5-4-10-24-16(26)19(23-18(24)27)8-2-3-9-19/h6-7,11,17H,2-5,8-10H2,1H3,(H,22,25)(H,23,27). The fourth-order valence-corrected chi connectivity index (χ4v) is 3.76. The number of halogens is 2. The van der Waals surface area contributed by atoms with Crippen LogP contribution in [0.15, 0.2) is 18.2 Å². The molecular formula is C19H23F2N3O5. The number of ether oxygens (including phenoxy) is 2. The SMILES string of the molecule is COc1ccc(NC(=O)CCCN2C(=O)NC3(CCCC3)C2=O)cc1OC(F)F. The van der Waals surface area contributed by atoms with Crippen molar-refractivity contribution < 1.29 is 32.6 Å². The van der Waals surface area contributed by atoms with E-state index in [2.05, 4.69) is 15.4 Å². The number of anilines is 1. The van der Waals surface area contributed by atoms with E-state index in [0.717, 1.165) is 12.8 Å². The molecule has 1 heterocycles. The Morgan fingerprint density at radius 2 is 2.00 bits per heavy atom. The number of nitrogens with one attached hydrogen (secondary N) is 2. The van der Waals surface area contributed by atoms with Gasteiger partial charge in [-0.3, -0.25) is 14.5 Å². The van der Waals surface area contributed by atoms with Crippen LogP contribution in [0.4, 0.5) is 19.3 Å². The first-order valence-corrected chi connectivity index (χ1v) is 9.41. The van der Waals surface area contributed by atoms with E-state index < -0.39 is 18.2 Å². The maximum absolute atomic E-state index is 12.5. The first-order chi connectivity index (χ1) is 13.8. The lowest BCUT2D eigenvalue weighted by atomic mass is 9.98. The van der Waals surface area contributed by atoms with Crippen molar-refractivity contribution in [2.24, 2.45) is 0 Å². The number of methoxy groups -OCH3 is 1. The van der Waals surface area contributed by atoms with E-state index in [4.69, 9.17) is 4.74 Å². The first-order valence-electron chi connectivity index (χ1n) is 9.41. The van der Waals surface area contributed by atoms with E-state index in [1.165, 1.54) is 30.2 Å². The van der Waals surface area contributed by atoms with Crippen molar-refractivity contribution in [3.63, 3.8) is 0 Å². The van der Waals surface area contributed by atoms with Crippen LogP contribution in [0.1, 0.15) is 38.5 Å². The molecule has 1 saturated heterocycles. The van der Waals surface area contributed by atoms with Gasteiger partial charge in [-0.15, -0.1) is 0 Å². The number of imide groups is 1. The predicted molar refractivity (Wildman–Crippen MR) is 98.9 cm³/mol. The number of rotatable bonds is 8. The monoisotopic (exact) mass is 411 g/mol. The van der Waals surface area contributed by atoms with Crippen molar-refractivity contribution in [2.75, 3.05) is 19.0 Å². The summed E-state index contributed by atoms with van der Waals surface area (Å²) in [6.45, 7) is -2.88. The highest BCUT2D eigenvalue weighted by Gasteiger charge is 2.52. The Kier molecular flexibility index (Phi) is 6.19. The molecule has 0 bridgehead atoms. The molecule has 1 aliphatic heterocycles. The topological polar surface area (TPSA) is 97.0 Å². The van der Waals surface area contributed by atoms with Gasteiger partial charge in [-0.25, -0.2) is 4.79 Å². The summed E-state index contributed by atoms with van der Waals surface area (Å²) in [6.07, 6.45) is 3.45. The third kappa shape index (κ3) is 4.57. The zero-order valence-electron chi connectivity index (χ0n) is 16.0. The largest absolute Gasteiger partial charge is 0.493 e. The molecule has 4 amide bonds. The van der Waals surface area contributed by atoms with Crippen molar-refractivity contribution in [2.45, 2.75) is 50.7 Å². The molecule has 0 atom stereocenters. The summed E-state index contributed by atoms with van der Waals surface area (Å²) >= 11 is 0. The summed E-state index contributed by atoms with van der Waals surface area (Å²) in [5.74, 6) is -0.672. The minimum Gasteiger partial charge on any atom is -0.493 e. The Hall–Kier alpha value is -2.91. The molecule has 3 rings (SSSR count). The van der Waals surface area contributed by atoms with Crippen LogP contribution in [0, 0.1) is 0 Å². The Balaban J connectivity index is 1.51. The summed E-state index contributed by atoms with van der Waals surface area (Å²) in [5.41, 5.74) is -0.491. The first kappa shape index (κ1) is 20.8. The molecule has 1 aliphatic carbocycles. The van der Waals surface area contributed by atoms with Crippen LogP contribution < -0.4 is 20.1 Å². The fourth-order valence-electron chi connectivity index (χ4n) is 3.76. The van der Waals surface area contributed by atoms with Gasteiger partial charge in [-0.05, 0) is 31.4 Å². The molecule has 29 heavy (non-hydrogen) atoms. The Labute approximate surface area is 166 Å². The summed E-state index contributed by atoms with van der Waals surface area (Å²) in [4.78, 5) is 38.0. The summed E-state index contributed by atoms with van der Waals surface area (Å²) in [6, 6.07) is 3.73. The number of hydrogen-bond donors (Lipinski definition) is 2. The van der Waals surface area contributed by atoms with Crippen molar-refractivity contribution >= 4 is 23.5 Å². The number of carbonyl (C=O) groups excluding carboxylic acids is 3. The Morgan fingerprint density at radius 3 is 2.66 bits per heavy atom. The van der Waals surface area contributed by atoms with Crippen LogP contribution >= 0.6 is 0 Å². The molecule has 158 valence electrons. The lowest BCUT2D eigenvalue weighted by Gasteiger charge is -2.19. The van der Waals surface area contributed by atoms with Gasteiger partial charge in [-0.2, -0.15) is 8.78 Å². The predicted octanol–water partition coefficient (Wildman–Crippen LogP) is 2.88. The van der Waals surface area contributed by atoms with Gasteiger partial charge in [0.05, 0.1) is 7.11 Å². The second-order valence-corrected chi connectivity index (χ2v) is 7.07. The molecule has 2 fully saturated rings. The third-order valence-corrected chi connectivity index (χ3v) is 5.15. The smallest absolute Gasteiger partial charge is 0.387 e. The van der Waals surface area contributed by atoms with Crippen molar-refractivity contribution in [3.05, 3.63) is 18.2 Å². The number of benzene rings is 1. The molecule has 1 aromatic rings. The highest BCUT2D eigenvalue weighted by Crippen LogP contribution is 2.35. The number of urea groups is 1. The highest BCUT2D eigenvalue weighted by molar-refractivity contribution is 6.07. The summed E-state index contributed by atoms with van der Waals surface area (Å²) in [7, 11) is 1.32. The second-order valence-electron chi connectivity index (χ2n) is 7.07. The molecule has 2 N–H and O–H groups in total. The summed E-state index contributed by atoms with van der Waals surface area (Å²) in [5, 5.41) is 5.37. The quantitative estimate of drug-likeness (QED) is 0.641. The van der Waals surface area contributed by atoms with Crippen LogP contribution in [-0.4, -0.2) is 48.6 Å². The van der Waals surface area contributed by atoms with Crippen molar-refractivity contribution in [3.8, 4) is 11.5 Å². The third-order valence-electron chi connectivity index (χ3n) is 5.15. The number of alkyl halides is 2. The number of nitrogens with zero attached hydrogens (tertiary/aromatic N) is 1. The Bertz CT molecular complexity index is 796. The molecule has 8 nitrogen and oxygen atoms in total. The number of hydrogen-bond acceptors (Lipinski definition) is 5. The van der Waals surface area contributed by atoms with Crippen LogP contribution in [0.25, 0.3) is 0 Å².